The maximum absolute atomic E-state index is 9.09. The predicted molar refractivity (Wildman–Crippen MR) is 103 cm³/mol. The molecular formula is C20H23N3OS. The number of aromatic nitrogens is 2. The van der Waals surface area contributed by atoms with Crippen LogP contribution in [-0.2, 0) is 19.3 Å². The number of hydrogen-bond donors (Lipinski definition) is 2. The Kier molecular flexibility index (Phi) is 4.95. The third-order valence-corrected chi connectivity index (χ3v) is 5.88. The van der Waals surface area contributed by atoms with E-state index in [1.165, 1.54) is 40.7 Å². The number of thiophene rings is 1. The fraction of sp³-hybridized carbons (Fsp3) is 0.400. The van der Waals surface area contributed by atoms with Crippen molar-refractivity contribution in [3.8, 4) is 0 Å². The van der Waals surface area contributed by atoms with Crippen LogP contribution in [0.15, 0.2) is 30.3 Å². The summed E-state index contributed by atoms with van der Waals surface area (Å²) in [5.74, 6) is 1.81. The van der Waals surface area contributed by atoms with Crippen LogP contribution in [-0.4, -0.2) is 28.2 Å². The Bertz CT molecular complexity index is 860. The van der Waals surface area contributed by atoms with Crippen molar-refractivity contribution in [2.24, 2.45) is 0 Å². The molecule has 2 heterocycles. The van der Waals surface area contributed by atoms with Crippen LogP contribution >= 0.6 is 11.3 Å². The molecule has 130 valence electrons. The first-order chi connectivity index (χ1) is 12.3. The lowest BCUT2D eigenvalue weighted by molar-refractivity contribution is 0.292. The minimum absolute atomic E-state index is 0.194. The van der Waals surface area contributed by atoms with E-state index in [2.05, 4.69) is 29.6 Å². The molecule has 0 spiro atoms. The third kappa shape index (κ3) is 3.53. The third-order valence-electron chi connectivity index (χ3n) is 4.69. The lowest BCUT2D eigenvalue weighted by Crippen LogP contribution is -2.09. The van der Waals surface area contributed by atoms with Crippen molar-refractivity contribution < 1.29 is 5.11 Å². The van der Waals surface area contributed by atoms with Gasteiger partial charge in [0.1, 0.15) is 16.5 Å². The summed E-state index contributed by atoms with van der Waals surface area (Å²) in [6, 6.07) is 10.4. The molecule has 0 bridgehead atoms. The Labute approximate surface area is 152 Å². The highest BCUT2D eigenvalue weighted by Crippen LogP contribution is 2.38. The van der Waals surface area contributed by atoms with E-state index in [0.29, 0.717) is 0 Å². The van der Waals surface area contributed by atoms with Crippen LogP contribution in [0.25, 0.3) is 10.2 Å². The zero-order valence-corrected chi connectivity index (χ0v) is 15.1. The zero-order valence-electron chi connectivity index (χ0n) is 14.3. The van der Waals surface area contributed by atoms with Crippen LogP contribution in [0.3, 0.4) is 0 Å². The molecule has 1 aromatic carbocycles. The highest BCUT2D eigenvalue weighted by molar-refractivity contribution is 7.19. The fourth-order valence-corrected chi connectivity index (χ4v) is 4.75. The van der Waals surface area contributed by atoms with Gasteiger partial charge in [0.05, 0.1) is 5.39 Å². The van der Waals surface area contributed by atoms with Gasteiger partial charge < -0.3 is 10.4 Å². The van der Waals surface area contributed by atoms with Crippen LogP contribution < -0.4 is 5.32 Å². The number of benzene rings is 1. The summed E-state index contributed by atoms with van der Waals surface area (Å²) in [7, 11) is 0. The molecular weight excluding hydrogens is 330 g/mol. The number of nitrogens with one attached hydrogen (secondary N) is 1. The molecule has 25 heavy (non-hydrogen) atoms. The molecule has 2 aromatic heterocycles. The first kappa shape index (κ1) is 16.5. The number of anilines is 1. The molecule has 2 N–H and O–H groups in total. The average molecular weight is 353 g/mol. The summed E-state index contributed by atoms with van der Waals surface area (Å²) in [5, 5.41) is 13.8. The quantitative estimate of drug-likeness (QED) is 0.659. The van der Waals surface area contributed by atoms with Crippen molar-refractivity contribution in [1.82, 2.24) is 9.97 Å². The van der Waals surface area contributed by atoms with E-state index >= 15 is 0 Å². The number of hydrogen-bond acceptors (Lipinski definition) is 5. The predicted octanol–water partition coefficient (Wildman–Crippen LogP) is 3.96. The van der Waals surface area contributed by atoms with Crippen molar-refractivity contribution >= 4 is 27.4 Å². The van der Waals surface area contributed by atoms with Gasteiger partial charge in [0, 0.05) is 24.4 Å². The molecule has 0 saturated heterocycles. The maximum Gasteiger partial charge on any atom is 0.138 e. The minimum atomic E-state index is 0.194. The van der Waals surface area contributed by atoms with Gasteiger partial charge in [-0.05, 0) is 43.2 Å². The fourth-order valence-electron chi connectivity index (χ4n) is 3.47. The summed E-state index contributed by atoms with van der Waals surface area (Å²) >= 11 is 1.84. The highest BCUT2D eigenvalue weighted by atomic mass is 32.1. The van der Waals surface area contributed by atoms with Crippen molar-refractivity contribution in [2.45, 2.75) is 38.5 Å². The number of rotatable bonds is 6. The Morgan fingerprint density at radius 1 is 1.08 bits per heavy atom. The van der Waals surface area contributed by atoms with Crippen LogP contribution in [0.4, 0.5) is 5.82 Å². The molecule has 0 radical (unpaired) electrons. The minimum Gasteiger partial charge on any atom is -0.396 e. The second kappa shape index (κ2) is 7.50. The summed E-state index contributed by atoms with van der Waals surface area (Å²) < 4.78 is 0. The lowest BCUT2D eigenvalue weighted by atomic mass is 9.97. The summed E-state index contributed by atoms with van der Waals surface area (Å²) in [4.78, 5) is 12.3. The summed E-state index contributed by atoms with van der Waals surface area (Å²) in [6.07, 6.45) is 6.30. The molecule has 4 rings (SSSR count). The Morgan fingerprint density at radius 2 is 1.92 bits per heavy atom. The van der Waals surface area contributed by atoms with Crippen LogP contribution in [0.5, 0.6) is 0 Å². The van der Waals surface area contributed by atoms with Crippen molar-refractivity contribution in [2.75, 3.05) is 18.5 Å². The van der Waals surface area contributed by atoms with Crippen molar-refractivity contribution in [3.05, 3.63) is 52.2 Å². The van der Waals surface area contributed by atoms with Gasteiger partial charge in [0.15, 0.2) is 0 Å². The number of aliphatic hydroxyl groups excluding tert-OH is 1. The molecule has 1 aliphatic carbocycles. The van der Waals surface area contributed by atoms with Gasteiger partial charge in [-0.25, -0.2) is 9.97 Å². The number of aryl methyl sites for hydroxylation is 2. The maximum atomic E-state index is 9.09. The Balaban J connectivity index is 1.74. The molecule has 4 nitrogen and oxygen atoms in total. The smallest absolute Gasteiger partial charge is 0.138 e. The van der Waals surface area contributed by atoms with Crippen LogP contribution in [0, 0.1) is 0 Å². The van der Waals surface area contributed by atoms with Gasteiger partial charge in [0.25, 0.3) is 0 Å². The highest BCUT2D eigenvalue weighted by Gasteiger charge is 2.21. The van der Waals surface area contributed by atoms with Crippen molar-refractivity contribution in [1.29, 1.82) is 0 Å². The van der Waals surface area contributed by atoms with E-state index in [4.69, 9.17) is 15.1 Å². The monoisotopic (exact) mass is 353 g/mol. The van der Waals surface area contributed by atoms with E-state index in [1.807, 2.05) is 17.4 Å². The zero-order chi connectivity index (χ0) is 17.1. The normalized spacial score (nSPS) is 13.8. The summed E-state index contributed by atoms with van der Waals surface area (Å²) in [6.45, 7) is 0.928. The van der Waals surface area contributed by atoms with Gasteiger partial charge in [0.2, 0.25) is 0 Å². The molecule has 0 atom stereocenters. The Morgan fingerprint density at radius 3 is 2.76 bits per heavy atom. The number of aliphatic hydroxyl groups is 1. The van der Waals surface area contributed by atoms with E-state index in [1.54, 1.807) is 0 Å². The lowest BCUT2D eigenvalue weighted by Gasteiger charge is -2.13. The molecule has 0 saturated carbocycles. The van der Waals surface area contributed by atoms with Crippen LogP contribution in [0.2, 0.25) is 0 Å². The molecule has 0 fully saturated rings. The SMILES string of the molecule is OCCCNc1nc(Cc2ccccc2)nc2sc3c(c12)CCCC3. The van der Waals surface area contributed by atoms with E-state index in [0.717, 1.165) is 42.3 Å². The standard InChI is InChI=1S/C20H23N3OS/c24-12-6-11-21-19-18-15-9-4-5-10-16(15)25-20(18)23-17(22-19)13-14-7-2-1-3-8-14/h1-3,7-8,24H,4-6,9-13H2,(H,21,22,23). The number of nitrogens with zero attached hydrogens (tertiary/aromatic N) is 2. The van der Waals surface area contributed by atoms with Gasteiger partial charge in [-0.15, -0.1) is 11.3 Å². The molecule has 0 amide bonds. The van der Waals surface area contributed by atoms with Crippen molar-refractivity contribution in [3.63, 3.8) is 0 Å². The van der Waals surface area contributed by atoms with E-state index in [9.17, 15) is 0 Å². The average Bonchev–Trinajstić information content (AvgIpc) is 3.01. The van der Waals surface area contributed by atoms with Gasteiger partial charge in [-0.3, -0.25) is 0 Å². The van der Waals surface area contributed by atoms with E-state index < -0.39 is 0 Å². The topological polar surface area (TPSA) is 58.0 Å². The van der Waals surface area contributed by atoms with E-state index in [-0.39, 0.29) is 6.61 Å². The first-order valence-electron chi connectivity index (χ1n) is 9.05. The number of fused-ring (bicyclic) bond motifs is 3. The molecule has 0 aliphatic heterocycles. The molecule has 0 unspecified atom stereocenters. The molecule has 1 aliphatic rings. The largest absolute Gasteiger partial charge is 0.396 e. The molecule has 5 heteroatoms. The van der Waals surface area contributed by atoms with Crippen LogP contribution in [0.1, 0.15) is 41.1 Å². The van der Waals surface area contributed by atoms with Gasteiger partial charge in [-0.2, -0.15) is 0 Å². The van der Waals surface area contributed by atoms with Gasteiger partial charge in [-0.1, -0.05) is 30.3 Å². The molecule has 3 aromatic rings. The second-order valence-electron chi connectivity index (χ2n) is 6.55. The second-order valence-corrected chi connectivity index (χ2v) is 7.63. The Hall–Kier alpha value is -1.98. The first-order valence-corrected chi connectivity index (χ1v) is 9.86. The van der Waals surface area contributed by atoms with Gasteiger partial charge >= 0.3 is 0 Å². The summed E-state index contributed by atoms with van der Waals surface area (Å²) in [5.41, 5.74) is 2.67.